The first-order valence-corrected chi connectivity index (χ1v) is 7.27. The molecule has 2 rings (SSSR count). The van der Waals surface area contributed by atoms with E-state index in [4.69, 9.17) is 0 Å². The van der Waals surface area contributed by atoms with Gasteiger partial charge in [0.2, 0.25) is 0 Å². The lowest BCUT2D eigenvalue weighted by atomic mass is 10.2. The van der Waals surface area contributed by atoms with E-state index < -0.39 is 0 Å². The summed E-state index contributed by atoms with van der Waals surface area (Å²) in [5.74, 6) is 0. The Morgan fingerprint density at radius 3 is 2.78 bits per heavy atom. The van der Waals surface area contributed by atoms with Crippen LogP contribution in [0.2, 0.25) is 0 Å². The first kappa shape index (κ1) is 13.4. The molecule has 1 N–H and O–H groups in total. The summed E-state index contributed by atoms with van der Waals surface area (Å²) in [7, 11) is 2.19. The van der Waals surface area contributed by atoms with E-state index in [1.807, 2.05) is 0 Å². The molecule has 1 aliphatic carbocycles. The lowest BCUT2D eigenvalue weighted by molar-refractivity contribution is 0.599. The van der Waals surface area contributed by atoms with Crippen LogP contribution in [0.5, 0.6) is 0 Å². The fourth-order valence-electron chi connectivity index (χ4n) is 2.24. The van der Waals surface area contributed by atoms with Crippen molar-refractivity contribution in [2.45, 2.75) is 45.1 Å². The Labute approximate surface area is 111 Å². The molecule has 100 valence electrons. The molecule has 0 unspecified atom stereocenters. The van der Waals surface area contributed by atoms with Crippen molar-refractivity contribution in [2.24, 2.45) is 0 Å². The maximum atomic E-state index is 3.57. The second-order valence-corrected chi connectivity index (χ2v) is 5.55. The Bertz CT molecular complexity index is 358. The molecule has 1 aromatic carbocycles. The Balaban J connectivity index is 1.57. The number of anilines is 1. The van der Waals surface area contributed by atoms with Crippen molar-refractivity contribution in [2.75, 3.05) is 25.0 Å². The van der Waals surface area contributed by atoms with E-state index in [1.165, 1.54) is 49.9 Å². The zero-order valence-corrected chi connectivity index (χ0v) is 11.8. The summed E-state index contributed by atoms with van der Waals surface area (Å²) in [6.45, 7) is 4.52. The number of hydrogen-bond donors (Lipinski definition) is 1. The fraction of sp³-hybridized carbons (Fsp3) is 0.625. The minimum atomic E-state index is 0.861. The number of benzene rings is 1. The van der Waals surface area contributed by atoms with Gasteiger partial charge in [-0.15, -0.1) is 0 Å². The number of nitrogens with zero attached hydrogens (tertiary/aromatic N) is 1. The summed E-state index contributed by atoms with van der Waals surface area (Å²) in [6.07, 6.45) is 6.73. The van der Waals surface area contributed by atoms with E-state index in [9.17, 15) is 0 Å². The standard InChI is InChI=1S/C16H26N2/c1-14-7-6-8-16(13-14)18(2)12-5-3-4-11-17-15-9-10-15/h6-8,13,15,17H,3-5,9-12H2,1-2H3. The van der Waals surface area contributed by atoms with Gasteiger partial charge in [0.05, 0.1) is 0 Å². The van der Waals surface area contributed by atoms with Gasteiger partial charge in [0, 0.05) is 25.3 Å². The van der Waals surface area contributed by atoms with Crippen molar-refractivity contribution >= 4 is 5.69 Å². The molecule has 0 aliphatic heterocycles. The zero-order chi connectivity index (χ0) is 12.8. The molecule has 0 spiro atoms. The van der Waals surface area contributed by atoms with E-state index in [0.717, 1.165) is 12.6 Å². The molecule has 0 aromatic heterocycles. The molecular weight excluding hydrogens is 220 g/mol. The third-order valence-corrected chi connectivity index (χ3v) is 3.62. The van der Waals surface area contributed by atoms with Gasteiger partial charge in [-0.3, -0.25) is 0 Å². The average molecular weight is 246 g/mol. The van der Waals surface area contributed by atoms with Gasteiger partial charge in [-0.2, -0.15) is 0 Å². The van der Waals surface area contributed by atoms with Crippen LogP contribution in [0.3, 0.4) is 0 Å². The maximum absolute atomic E-state index is 3.57. The minimum absolute atomic E-state index is 0.861. The van der Waals surface area contributed by atoms with Gasteiger partial charge in [-0.05, 0) is 56.8 Å². The van der Waals surface area contributed by atoms with Gasteiger partial charge >= 0.3 is 0 Å². The summed E-state index contributed by atoms with van der Waals surface area (Å²) >= 11 is 0. The Kier molecular flexibility index (Phi) is 5.06. The largest absolute Gasteiger partial charge is 0.375 e. The van der Waals surface area contributed by atoms with Crippen LogP contribution in [0.15, 0.2) is 24.3 Å². The van der Waals surface area contributed by atoms with Crippen molar-refractivity contribution < 1.29 is 0 Å². The number of hydrogen-bond acceptors (Lipinski definition) is 2. The van der Waals surface area contributed by atoms with Crippen molar-refractivity contribution in [3.05, 3.63) is 29.8 Å². The molecular formula is C16H26N2. The van der Waals surface area contributed by atoms with Crippen LogP contribution in [0.25, 0.3) is 0 Å². The van der Waals surface area contributed by atoms with Crippen LogP contribution in [0.1, 0.15) is 37.7 Å². The number of aryl methyl sites for hydroxylation is 1. The summed E-state index contributed by atoms with van der Waals surface area (Å²) < 4.78 is 0. The number of unbranched alkanes of at least 4 members (excludes halogenated alkanes) is 2. The average Bonchev–Trinajstić information content (AvgIpc) is 3.17. The second kappa shape index (κ2) is 6.79. The van der Waals surface area contributed by atoms with Crippen LogP contribution in [-0.4, -0.2) is 26.2 Å². The van der Waals surface area contributed by atoms with Crippen LogP contribution < -0.4 is 10.2 Å². The molecule has 1 fully saturated rings. The first-order chi connectivity index (χ1) is 8.75. The van der Waals surface area contributed by atoms with Crippen LogP contribution in [0.4, 0.5) is 5.69 Å². The highest BCUT2D eigenvalue weighted by Crippen LogP contribution is 2.18. The molecule has 1 aliphatic rings. The van der Waals surface area contributed by atoms with E-state index in [2.05, 4.69) is 48.5 Å². The Morgan fingerprint density at radius 1 is 1.22 bits per heavy atom. The Morgan fingerprint density at radius 2 is 2.06 bits per heavy atom. The van der Waals surface area contributed by atoms with E-state index in [0.29, 0.717) is 0 Å². The molecule has 0 atom stereocenters. The summed E-state index contributed by atoms with van der Waals surface area (Å²) in [5.41, 5.74) is 2.68. The van der Waals surface area contributed by atoms with Gasteiger partial charge in [-0.1, -0.05) is 18.6 Å². The molecule has 0 saturated heterocycles. The molecule has 0 amide bonds. The number of nitrogens with one attached hydrogen (secondary N) is 1. The van der Waals surface area contributed by atoms with Crippen molar-refractivity contribution in [3.8, 4) is 0 Å². The first-order valence-electron chi connectivity index (χ1n) is 7.27. The third kappa shape index (κ3) is 4.69. The molecule has 0 heterocycles. The third-order valence-electron chi connectivity index (χ3n) is 3.62. The maximum Gasteiger partial charge on any atom is 0.0366 e. The molecule has 0 bridgehead atoms. The highest BCUT2D eigenvalue weighted by atomic mass is 15.1. The smallest absolute Gasteiger partial charge is 0.0366 e. The SMILES string of the molecule is Cc1cccc(N(C)CCCCCNC2CC2)c1. The summed E-state index contributed by atoms with van der Waals surface area (Å²) in [6, 6.07) is 9.61. The number of rotatable bonds is 8. The Hall–Kier alpha value is -1.02. The monoisotopic (exact) mass is 246 g/mol. The van der Waals surface area contributed by atoms with Crippen molar-refractivity contribution in [1.29, 1.82) is 0 Å². The van der Waals surface area contributed by atoms with Crippen LogP contribution in [-0.2, 0) is 0 Å². The molecule has 1 saturated carbocycles. The van der Waals surface area contributed by atoms with Crippen molar-refractivity contribution in [1.82, 2.24) is 5.32 Å². The lowest BCUT2D eigenvalue weighted by Gasteiger charge is -2.19. The van der Waals surface area contributed by atoms with Gasteiger partial charge < -0.3 is 10.2 Å². The second-order valence-electron chi connectivity index (χ2n) is 5.55. The normalized spacial score (nSPS) is 14.8. The van der Waals surface area contributed by atoms with Gasteiger partial charge in [-0.25, -0.2) is 0 Å². The molecule has 2 heteroatoms. The quantitative estimate of drug-likeness (QED) is 0.708. The van der Waals surface area contributed by atoms with Gasteiger partial charge in [0.25, 0.3) is 0 Å². The van der Waals surface area contributed by atoms with Crippen LogP contribution in [0, 0.1) is 6.92 Å². The molecule has 0 radical (unpaired) electrons. The molecule has 18 heavy (non-hydrogen) atoms. The molecule has 1 aromatic rings. The highest BCUT2D eigenvalue weighted by Gasteiger charge is 2.19. The topological polar surface area (TPSA) is 15.3 Å². The lowest BCUT2D eigenvalue weighted by Crippen LogP contribution is -2.20. The van der Waals surface area contributed by atoms with E-state index in [-0.39, 0.29) is 0 Å². The minimum Gasteiger partial charge on any atom is -0.375 e. The molecule has 2 nitrogen and oxygen atoms in total. The fourth-order valence-corrected chi connectivity index (χ4v) is 2.24. The van der Waals surface area contributed by atoms with E-state index in [1.54, 1.807) is 0 Å². The van der Waals surface area contributed by atoms with E-state index >= 15 is 0 Å². The van der Waals surface area contributed by atoms with Crippen molar-refractivity contribution in [3.63, 3.8) is 0 Å². The zero-order valence-electron chi connectivity index (χ0n) is 11.8. The van der Waals surface area contributed by atoms with Crippen LogP contribution >= 0.6 is 0 Å². The summed E-state index contributed by atoms with van der Waals surface area (Å²) in [5, 5.41) is 3.57. The highest BCUT2D eigenvalue weighted by molar-refractivity contribution is 5.47. The van der Waals surface area contributed by atoms with Gasteiger partial charge in [0.15, 0.2) is 0 Å². The van der Waals surface area contributed by atoms with Gasteiger partial charge in [0.1, 0.15) is 0 Å². The predicted molar refractivity (Wildman–Crippen MR) is 79.3 cm³/mol. The summed E-state index contributed by atoms with van der Waals surface area (Å²) in [4.78, 5) is 2.36. The predicted octanol–water partition coefficient (Wildman–Crippen LogP) is 3.35.